The van der Waals surface area contributed by atoms with E-state index in [0.29, 0.717) is 5.13 Å². The fourth-order valence-corrected chi connectivity index (χ4v) is 5.31. The number of benzene rings is 2. The van der Waals surface area contributed by atoms with E-state index in [0.717, 1.165) is 53.3 Å². The Balaban J connectivity index is 1.29. The summed E-state index contributed by atoms with van der Waals surface area (Å²) in [7, 11) is 1.63. The van der Waals surface area contributed by atoms with Gasteiger partial charge in [0.25, 0.3) is 0 Å². The van der Waals surface area contributed by atoms with Crippen LogP contribution in [-0.4, -0.2) is 29.7 Å². The van der Waals surface area contributed by atoms with Crippen LogP contribution in [0.4, 0.5) is 10.8 Å². The molecule has 1 aliphatic carbocycles. The smallest absolute Gasteiger partial charge is 0.236 e. The van der Waals surface area contributed by atoms with Crippen molar-refractivity contribution in [3.05, 3.63) is 53.9 Å². The molecule has 3 aromatic rings. The fourth-order valence-electron chi connectivity index (χ4n) is 3.82. The number of thiazole rings is 1. The Bertz CT molecular complexity index is 1110. The lowest BCUT2D eigenvalue weighted by atomic mass is 9.88. The molecule has 172 valence electrons. The van der Waals surface area contributed by atoms with E-state index in [9.17, 15) is 9.59 Å². The van der Waals surface area contributed by atoms with E-state index in [1.807, 2.05) is 53.9 Å². The third kappa shape index (κ3) is 6.58. The summed E-state index contributed by atoms with van der Waals surface area (Å²) in [6.45, 7) is 0. The molecular weight excluding hydrogens is 454 g/mol. The van der Waals surface area contributed by atoms with E-state index in [1.54, 1.807) is 7.11 Å². The molecule has 1 saturated carbocycles. The van der Waals surface area contributed by atoms with Crippen LogP contribution in [0.15, 0.2) is 58.8 Å². The molecule has 1 heterocycles. The highest BCUT2D eigenvalue weighted by atomic mass is 32.2. The van der Waals surface area contributed by atoms with Crippen LogP contribution in [0.5, 0.6) is 5.75 Å². The van der Waals surface area contributed by atoms with Gasteiger partial charge in [-0.25, -0.2) is 4.98 Å². The van der Waals surface area contributed by atoms with Crippen molar-refractivity contribution < 1.29 is 14.3 Å². The zero-order valence-corrected chi connectivity index (χ0v) is 20.1. The number of hydrogen-bond acceptors (Lipinski definition) is 6. The van der Waals surface area contributed by atoms with E-state index in [-0.39, 0.29) is 23.5 Å². The first-order valence-corrected chi connectivity index (χ1v) is 12.9. The van der Waals surface area contributed by atoms with Gasteiger partial charge in [-0.15, -0.1) is 23.1 Å². The van der Waals surface area contributed by atoms with Gasteiger partial charge in [-0.2, -0.15) is 0 Å². The lowest BCUT2D eigenvalue weighted by Crippen LogP contribution is -2.24. The maximum Gasteiger partial charge on any atom is 0.236 e. The van der Waals surface area contributed by atoms with Crippen molar-refractivity contribution in [3.8, 4) is 17.0 Å². The molecule has 33 heavy (non-hydrogen) atoms. The summed E-state index contributed by atoms with van der Waals surface area (Å²) in [4.78, 5) is 30.4. The Morgan fingerprint density at radius 3 is 2.73 bits per heavy atom. The fraction of sp³-hybridized carbons (Fsp3) is 0.320. The quantitative estimate of drug-likeness (QED) is 0.382. The van der Waals surface area contributed by atoms with Gasteiger partial charge in [-0.3, -0.25) is 9.59 Å². The van der Waals surface area contributed by atoms with Gasteiger partial charge in [-0.05, 0) is 43.2 Å². The van der Waals surface area contributed by atoms with Crippen LogP contribution in [-0.2, 0) is 9.59 Å². The van der Waals surface area contributed by atoms with Crippen molar-refractivity contribution in [1.82, 2.24) is 4.98 Å². The van der Waals surface area contributed by atoms with Crippen LogP contribution in [0.25, 0.3) is 11.3 Å². The Labute approximate surface area is 202 Å². The zero-order valence-electron chi connectivity index (χ0n) is 18.5. The second kappa shape index (κ2) is 11.3. The van der Waals surface area contributed by atoms with Crippen LogP contribution < -0.4 is 15.4 Å². The molecule has 2 aromatic carbocycles. The molecule has 1 aromatic heterocycles. The number of nitrogens with zero attached hydrogens (tertiary/aromatic N) is 1. The van der Waals surface area contributed by atoms with Crippen LogP contribution in [0.2, 0.25) is 0 Å². The van der Waals surface area contributed by atoms with Crippen LogP contribution >= 0.6 is 23.1 Å². The summed E-state index contributed by atoms with van der Waals surface area (Å²) in [5.74, 6) is 1.11. The number of aromatic nitrogens is 1. The van der Waals surface area contributed by atoms with Gasteiger partial charge in [-0.1, -0.05) is 37.5 Å². The number of methoxy groups -OCH3 is 1. The molecule has 0 unspecified atom stereocenters. The first kappa shape index (κ1) is 23.3. The van der Waals surface area contributed by atoms with Crippen molar-refractivity contribution in [3.63, 3.8) is 0 Å². The minimum Gasteiger partial charge on any atom is -0.497 e. The molecule has 2 amide bonds. The third-order valence-corrected chi connectivity index (χ3v) is 7.32. The van der Waals surface area contributed by atoms with Gasteiger partial charge in [0.2, 0.25) is 11.8 Å². The number of hydrogen-bond donors (Lipinski definition) is 2. The van der Waals surface area contributed by atoms with Crippen LogP contribution in [0.3, 0.4) is 0 Å². The largest absolute Gasteiger partial charge is 0.497 e. The molecule has 0 radical (unpaired) electrons. The molecule has 0 bridgehead atoms. The summed E-state index contributed by atoms with van der Waals surface area (Å²) >= 11 is 2.82. The van der Waals surface area contributed by atoms with E-state index in [2.05, 4.69) is 15.6 Å². The third-order valence-electron chi connectivity index (χ3n) is 5.56. The molecule has 0 aliphatic heterocycles. The minimum absolute atomic E-state index is 0.102. The molecule has 0 saturated heterocycles. The number of amides is 2. The first-order chi connectivity index (χ1) is 16.1. The maximum atomic E-state index is 12.5. The van der Waals surface area contributed by atoms with Gasteiger partial charge in [0.15, 0.2) is 5.13 Å². The molecule has 6 nitrogen and oxygen atoms in total. The average Bonchev–Trinajstić information content (AvgIpc) is 3.32. The molecule has 1 fully saturated rings. The topological polar surface area (TPSA) is 80.3 Å². The molecular formula is C25H27N3O3S2. The van der Waals surface area contributed by atoms with Gasteiger partial charge < -0.3 is 15.4 Å². The predicted molar refractivity (Wildman–Crippen MR) is 135 cm³/mol. The summed E-state index contributed by atoms with van der Waals surface area (Å²) in [5, 5.41) is 8.38. The average molecular weight is 482 g/mol. The maximum absolute atomic E-state index is 12.5. The van der Waals surface area contributed by atoms with Crippen LogP contribution in [0.1, 0.15) is 32.1 Å². The standard InChI is InChI=1S/C25H27N3O3S2/c1-31-20-11-5-9-18(13-20)22-15-33-25(27-22)28-23(29)16-32-21-12-6-10-19(14-21)26-24(30)17-7-3-2-4-8-17/h5-6,9-15,17H,2-4,7-8,16H2,1H3,(H,26,30)(H,27,28,29). The van der Waals surface area contributed by atoms with Crippen molar-refractivity contribution in [2.75, 3.05) is 23.5 Å². The Hall–Kier alpha value is -2.84. The number of anilines is 2. The number of thioether (sulfide) groups is 1. The van der Waals surface area contributed by atoms with E-state index in [4.69, 9.17) is 4.74 Å². The monoisotopic (exact) mass is 481 g/mol. The lowest BCUT2D eigenvalue weighted by molar-refractivity contribution is -0.120. The Morgan fingerprint density at radius 2 is 1.91 bits per heavy atom. The van der Waals surface area contributed by atoms with Crippen molar-refractivity contribution >= 4 is 45.7 Å². The van der Waals surface area contributed by atoms with Gasteiger partial charge in [0.1, 0.15) is 5.75 Å². The highest BCUT2D eigenvalue weighted by Crippen LogP contribution is 2.29. The van der Waals surface area contributed by atoms with E-state index in [1.165, 1.54) is 29.5 Å². The second-order valence-corrected chi connectivity index (χ2v) is 9.87. The van der Waals surface area contributed by atoms with E-state index >= 15 is 0 Å². The highest BCUT2D eigenvalue weighted by molar-refractivity contribution is 8.00. The number of nitrogens with one attached hydrogen (secondary N) is 2. The number of ether oxygens (including phenoxy) is 1. The summed E-state index contributed by atoms with van der Waals surface area (Å²) in [6.07, 6.45) is 5.42. The SMILES string of the molecule is COc1cccc(-c2csc(NC(=O)CSc3cccc(NC(=O)C4CCCCC4)c3)n2)c1. The molecule has 0 atom stereocenters. The Morgan fingerprint density at radius 1 is 1.09 bits per heavy atom. The zero-order chi connectivity index (χ0) is 23.0. The van der Waals surface area contributed by atoms with Gasteiger partial charge in [0.05, 0.1) is 18.6 Å². The van der Waals surface area contributed by atoms with Crippen molar-refractivity contribution in [2.24, 2.45) is 5.92 Å². The molecule has 0 spiro atoms. The number of carbonyl (C=O) groups is 2. The minimum atomic E-state index is -0.122. The molecule has 8 heteroatoms. The molecule has 2 N–H and O–H groups in total. The Kier molecular flexibility index (Phi) is 8.01. The summed E-state index contributed by atoms with van der Waals surface area (Å²) in [5.41, 5.74) is 2.51. The highest BCUT2D eigenvalue weighted by Gasteiger charge is 2.21. The number of carbonyl (C=O) groups excluding carboxylic acids is 2. The predicted octanol–water partition coefficient (Wildman–Crippen LogP) is 6.07. The molecule has 1 aliphatic rings. The lowest BCUT2D eigenvalue weighted by Gasteiger charge is -2.20. The normalized spacial score (nSPS) is 14.0. The van der Waals surface area contributed by atoms with Gasteiger partial charge in [0, 0.05) is 27.4 Å². The van der Waals surface area contributed by atoms with Crippen LogP contribution in [0, 0.1) is 5.92 Å². The number of rotatable bonds is 8. The van der Waals surface area contributed by atoms with E-state index < -0.39 is 0 Å². The van der Waals surface area contributed by atoms with Crippen molar-refractivity contribution in [1.29, 1.82) is 0 Å². The first-order valence-electron chi connectivity index (χ1n) is 11.0. The van der Waals surface area contributed by atoms with Gasteiger partial charge >= 0.3 is 0 Å². The van der Waals surface area contributed by atoms with Crippen molar-refractivity contribution in [2.45, 2.75) is 37.0 Å². The second-order valence-electron chi connectivity index (χ2n) is 7.96. The summed E-state index contributed by atoms with van der Waals surface area (Å²) in [6, 6.07) is 15.3. The summed E-state index contributed by atoms with van der Waals surface area (Å²) < 4.78 is 5.26. The molecule has 4 rings (SSSR count).